The molecule has 2 saturated heterocycles. The minimum absolute atomic E-state index is 0.117. The van der Waals surface area contributed by atoms with Gasteiger partial charge in [0.1, 0.15) is 0 Å². The fourth-order valence-electron chi connectivity index (χ4n) is 2.72. The van der Waals surface area contributed by atoms with Crippen molar-refractivity contribution in [1.29, 1.82) is 0 Å². The topological polar surface area (TPSA) is 108 Å². The van der Waals surface area contributed by atoms with Crippen molar-refractivity contribution in [3.05, 3.63) is 0 Å². The number of carboxylic acid groups (broad SMARTS) is 1. The summed E-state index contributed by atoms with van der Waals surface area (Å²) in [7, 11) is -1.14. The monoisotopic (exact) mass is 284 g/mol. The summed E-state index contributed by atoms with van der Waals surface area (Å²) in [6.45, 7) is 0.836. The Morgan fingerprint density at radius 1 is 1.30 bits per heavy atom. The molecule has 112 valence electrons. The third kappa shape index (κ3) is 4.19. The first-order chi connectivity index (χ1) is 9.56. The van der Waals surface area contributed by atoms with E-state index in [4.69, 9.17) is 9.76 Å². The Hall–Kier alpha value is -1.12. The van der Waals surface area contributed by atoms with Gasteiger partial charge >= 0.3 is 13.1 Å². The number of carbonyl (C=O) groups excluding carboxylic acids is 1. The van der Waals surface area contributed by atoms with Crippen molar-refractivity contribution < 1.29 is 24.4 Å². The molecule has 0 aromatic rings. The highest BCUT2D eigenvalue weighted by molar-refractivity contribution is 6.45. The molecule has 2 rings (SSSR count). The Kier molecular flexibility index (Phi) is 5.39. The van der Waals surface area contributed by atoms with E-state index in [1.165, 1.54) is 0 Å². The molecule has 0 aliphatic carbocycles. The van der Waals surface area contributed by atoms with Gasteiger partial charge in [-0.3, -0.25) is 9.59 Å². The smallest absolute Gasteiger partial charge is 0.478 e. The maximum Gasteiger partial charge on any atom is 0.478 e. The molecule has 0 radical (unpaired) electrons. The normalized spacial score (nSPS) is 30.9. The molecule has 3 unspecified atom stereocenters. The van der Waals surface area contributed by atoms with Crippen LogP contribution in [0, 0.1) is 0 Å². The lowest BCUT2D eigenvalue weighted by Crippen LogP contribution is -2.57. The third-order valence-electron chi connectivity index (χ3n) is 3.83. The predicted octanol–water partition coefficient (Wildman–Crippen LogP) is -0.713. The Bertz CT molecular complexity index is 362. The van der Waals surface area contributed by atoms with E-state index >= 15 is 0 Å². The number of amides is 1. The van der Waals surface area contributed by atoms with Gasteiger partial charge in [-0.05, 0) is 32.2 Å². The molecule has 8 heteroatoms. The van der Waals surface area contributed by atoms with Gasteiger partial charge in [0.05, 0.1) is 24.5 Å². The van der Waals surface area contributed by atoms with Crippen molar-refractivity contribution in [3.63, 3.8) is 0 Å². The molecule has 0 aromatic carbocycles. The van der Waals surface area contributed by atoms with E-state index in [0.717, 1.165) is 25.8 Å². The molecule has 2 heterocycles. The lowest BCUT2D eigenvalue weighted by atomic mass is 9.72. The van der Waals surface area contributed by atoms with Crippen LogP contribution in [0.1, 0.15) is 38.5 Å². The van der Waals surface area contributed by atoms with Crippen LogP contribution in [0.2, 0.25) is 0 Å². The van der Waals surface area contributed by atoms with E-state index in [-0.39, 0.29) is 18.4 Å². The summed E-state index contributed by atoms with van der Waals surface area (Å²) in [5.41, 5.74) is 0. The Morgan fingerprint density at radius 2 is 2.10 bits per heavy atom. The van der Waals surface area contributed by atoms with E-state index in [1.54, 1.807) is 0 Å². The van der Waals surface area contributed by atoms with Crippen LogP contribution in [0.25, 0.3) is 0 Å². The average molecular weight is 284 g/mol. The molecule has 3 atom stereocenters. The largest absolute Gasteiger partial charge is 0.481 e. The molecule has 2 fully saturated rings. The highest BCUT2D eigenvalue weighted by atomic mass is 16.5. The second kappa shape index (κ2) is 7.05. The zero-order valence-corrected chi connectivity index (χ0v) is 11.4. The molecule has 2 aliphatic heterocycles. The molecule has 20 heavy (non-hydrogen) atoms. The third-order valence-corrected chi connectivity index (χ3v) is 3.83. The quantitative estimate of drug-likeness (QED) is 0.508. The summed E-state index contributed by atoms with van der Waals surface area (Å²) in [6.07, 6.45) is 3.34. The lowest BCUT2D eigenvalue weighted by Gasteiger charge is -2.32. The number of rotatable bonds is 4. The van der Waals surface area contributed by atoms with Crippen LogP contribution in [0.3, 0.4) is 0 Å². The summed E-state index contributed by atoms with van der Waals surface area (Å²) in [6, 6.07) is -0.201. The van der Waals surface area contributed by atoms with E-state index in [2.05, 4.69) is 10.6 Å². The van der Waals surface area contributed by atoms with Crippen molar-refractivity contribution in [2.75, 3.05) is 6.54 Å². The molecule has 0 spiro atoms. The fourth-order valence-corrected chi connectivity index (χ4v) is 2.72. The van der Waals surface area contributed by atoms with Gasteiger partial charge in [-0.1, -0.05) is 6.42 Å². The zero-order chi connectivity index (χ0) is 14.5. The van der Waals surface area contributed by atoms with Crippen molar-refractivity contribution in [2.45, 2.75) is 56.6 Å². The maximum absolute atomic E-state index is 12.0. The van der Waals surface area contributed by atoms with Crippen molar-refractivity contribution in [1.82, 2.24) is 10.6 Å². The molecular weight excluding hydrogens is 263 g/mol. The summed E-state index contributed by atoms with van der Waals surface area (Å²) in [5, 5.41) is 24.5. The van der Waals surface area contributed by atoms with E-state index in [9.17, 15) is 14.6 Å². The molecule has 7 nitrogen and oxygen atoms in total. The van der Waals surface area contributed by atoms with E-state index in [1.807, 2.05) is 0 Å². The minimum atomic E-state index is -1.14. The number of hydrogen-bond donors (Lipinski definition) is 4. The fraction of sp³-hybridized carbons (Fsp3) is 0.833. The summed E-state index contributed by atoms with van der Waals surface area (Å²) in [5.74, 6) is -1.53. The van der Waals surface area contributed by atoms with Crippen LogP contribution in [-0.4, -0.2) is 53.8 Å². The van der Waals surface area contributed by atoms with Gasteiger partial charge in [-0.2, -0.15) is 0 Å². The summed E-state index contributed by atoms with van der Waals surface area (Å²) < 4.78 is 5.24. The number of piperidine rings is 1. The van der Waals surface area contributed by atoms with Crippen molar-refractivity contribution in [2.24, 2.45) is 0 Å². The van der Waals surface area contributed by atoms with Gasteiger partial charge in [0.25, 0.3) is 0 Å². The summed E-state index contributed by atoms with van der Waals surface area (Å²) in [4.78, 5) is 22.6. The van der Waals surface area contributed by atoms with E-state index < -0.39 is 25.1 Å². The highest BCUT2D eigenvalue weighted by Crippen LogP contribution is 2.19. The number of hydrogen-bond acceptors (Lipinski definition) is 5. The number of carbonyl (C=O) groups is 2. The summed E-state index contributed by atoms with van der Waals surface area (Å²) >= 11 is 0. The standard InChI is InChI=1S/C12H21BN2O5/c16-11(17)7-8-4-5-10(13(19)20-8)15-12(18)9-3-1-2-6-14-9/h8-10,14,19H,1-7H2,(H,15,18)(H,16,17). The van der Waals surface area contributed by atoms with Crippen LogP contribution in [0.15, 0.2) is 0 Å². The average Bonchev–Trinajstić information content (AvgIpc) is 2.42. The van der Waals surface area contributed by atoms with Crippen LogP contribution < -0.4 is 10.6 Å². The number of nitrogens with one attached hydrogen (secondary N) is 2. The lowest BCUT2D eigenvalue weighted by molar-refractivity contribution is -0.139. The highest BCUT2D eigenvalue weighted by Gasteiger charge is 2.37. The first-order valence-corrected chi connectivity index (χ1v) is 7.15. The minimum Gasteiger partial charge on any atom is -0.481 e. The maximum atomic E-state index is 12.0. The molecule has 2 aliphatic rings. The first-order valence-electron chi connectivity index (χ1n) is 7.15. The number of aliphatic carboxylic acids is 1. The predicted molar refractivity (Wildman–Crippen MR) is 71.9 cm³/mol. The number of carboxylic acids is 1. The van der Waals surface area contributed by atoms with Gasteiger partial charge in [0, 0.05) is 0 Å². The molecule has 1 amide bonds. The second-order valence-electron chi connectivity index (χ2n) is 5.44. The Morgan fingerprint density at radius 3 is 2.70 bits per heavy atom. The van der Waals surface area contributed by atoms with Crippen LogP contribution in [0.4, 0.5) is 0 Å². The Balaban J connectivity index is 1.79. The molecule has 0 saturated carbocycles. The van der Waals surface area contributed by atoms with Gasteiger partial charge in [-0.15, -0.1) is 0 Å². The van der Waals surface area contributed by atoms with Gasteiger partial charge < -0.3 is 25.4 Å². The van der Waals surface area contributed by atoms with Crippen molar-refractivity contribution >= 4 is 19.0 Å². The van der Waals surface area contributed by atoms with Crippen LogP contribution in [0.5, 0.6) is 0 Å². The molecule has 0 aromatic heterocycles. The molecule has 4 N–H and O–H groups in total. The molecule has 0 bridgehead atoms. The van der Waals surface area contributed by atoms with Crippen molar-refractivity contribution in [3.8, 4) is 0 Å². The van der Waals surface area contributed by atoms with Crippen LogP contribution in [-0.2, 0) is 14.2 Å². The molecular formula is C12H21BN2O5. The van der Waals surface area contributed by atoms with Gasteiger partial charge in [0.15, 0.2) is 0 Å². The Labute approximate surface area is 118 Å². The second-order valence-corrected chi connectivity index (χ2v) is 5.44. The first kappa shape index (κ1) is 15.3. The van der Waals surface area contributed by atoms with E-state index in [0.29, 0.717) is 12.8 Å². The van der Waals surface area contributed by atoms with Gasteiger partial charge in [-0.25, -0.2) is 0 Å². The van der Waals surface area contributed by atoms with Crippen LogP contribution >= 0.6 is 0 Å². The SMILES string of the molecule is O=C(O)CC1CCC(NC(=O)C2CCCCN2)B(O)O1. The zero-order valence-electron chi connectivity index (χ0n) is 11.4. The van der Waals surface area contributed by atoms with Gasteiger partial charge in [0.2, 0.25) is 5.91 Å².